The highest BCUT2D eigenvalue weighted by Crippen LogP contribution is 2.30. The SMILES string of the molecule is CCC(=NOCc1c(CC)cccc1-n1nnn(C)c1=O)c1cccc(C(F)(F)F)c1. The molecule has 1 heterocycles. The lowest BCUT2D eigenvalue weighted by molar-refractivity contribution is -0.137. The zero-order valence-electron chi connectivity index (χ0n) is 17.3. The van der Waals surface area contributed by atoms with Crippen LogP contribution in [0.1, 0.15) is 42.5 Å². The van der Waals surface area contributed by atoms with E-state index in [9.17, 15) is 18.0 Å². The van der Waals surface area contributed by atoms with E-state index >= 15 is 0 Å². The van der Waals surface area contributed by atoms with Crippen LogP contribution in [0, 0.1) is 0 Å². The van der Waals surface area contributed by atoms with Crippen LogP contribution in [0.25, 0.3) is 5.69 Å². The van der Waals surface area contributed by atoms with E-state index < -0.39 is 17.4 Å². The van der Waals surface area contributed by atoms with Crippen molar-refractivity contribution in [3.63, 3.8) is 0 Å². The minimum Gasteiger partial charge on any atom is -0.391 e. The minimum absolute atomic E-state index is 0.0187. The van der Waals surface area contributed by atoms with Crippen LogP contribution >= 0.6 is 0 Å². The fraction of sp³-hybridized carbons (Fsp3) is 0.333. The highest BCUT2D eigenvalue weighted by atomic mass is 19.4. The number of alkyl halides is 3. The maximum absolute atomic E-state index is 13.0. The van der Waals surface area contributed by atoms with Crippen molar-refractivity contribution < 1.29 is 18.0 Å². The van der Waals surface area contributed by atoms with Crippen molar-refractivity contribution >= 4 is 5.71 Å². The number of tetrazole rings is 1. The van der Waals surface area contributed by atoms with E-state index in [-0.39, 0.29) is 6.61 Å². The number of aromatic nitrogens is 4. The lowest BCUT2D eigenvalue weighted by Gasteiger charge is -2.13. The molecule has 0 fully saturated rings. The summed E-state index contributed by atoms with van der Waals surface area (Å²) in [5.74, 6) is 0. The first-order valence-corrected chi connectivity index (χ1v) is 9.72. The van der Waals surface area contributed by atoms with Gasteiger partial charge in [0.05, 0.1) is 17.0 Å². The molecule has 0 N–H and O–H groups in total. The van der Waals surface area contributed by atoms with Crippen LogP contribution in [0.5, 0.6) is 0 Å². The summed E-state index contributed by atoms with van der Waals surface area (Å²) in [7, 11) is 1.50. The number of oxime groups is 1. The van der Waals surface area contributed by atoms with Gasteiger partial charge in [0.1, 0.15) is 6.61 Å². The normalized spacial score (nSPS) is 12.3. The van der Waals surface area contributed by atoms with E-state index in [0.717, 1.165) is 22.4 Å². The van der Waals surface area contributed by atoms with Gasteiger partial charge in [-0.25, -0.2) is 4.79 Å². The second-order valence-corrected chi connectivity index (χ2v) is 6.81. The standard InChI is InChI=1S/C21H22F3N5O2/c1-4-14-8-7-11-19(29-20(30)28(3)26-27-29)17(14)13-31-25-18(5-2)15-9-6-10-16(12-15)21(22,23)24/h6-12H,4-5,13H2,1-3H3. The van der Waals surface area contributed by atoms with Gasteiger partial charge in [-0.15, -0.1) is 0 Å². The predicted octanol–water partition coefficient (Wildman–Crippen LogP) is 3.88. The van der Waals surface area contributed by atoms with Crippen molar-refractivity contribution in [2.45, 2.75) is 39.5 Å². The number of benzene rings is 2. The summed E-state index contributed by atoms with van der Waals surface area (Å²) in [6.07, 6.45) is -3.37. The molecule has 3 rings (SSSR count). The Bertz CT molecular complexity index is 1150. The monoisotopic (exact) mass is 433 g/mol. The topological polar surface area (TPSA) is 74.3 Å². The van der Waals surface area contributed by atoms with Gasteiger partial charge in [0.15, 0.2) is 0 Å². The van der Waals surface area contributed by atoms with Gasteiger partial charge in [-0.3, -0.25) is 0 Å². The quantitative estimate of drug-likeness (QED) is 0.419. The molecule has 0 radical (unpaired) electrons. The Labute approximate surface area is 176 Å². The average molecular weight is 433 g/mol. The number of aryl methyl sites for hydroxylation is 2. The Morgan fingerprint density at radius 3 is 2.48 bits per heavy atom. The molecular weight excluding hydrogens is 411 g/mol. The first-order valence-electron chi connectivity index (χ1n) is 9.72. The number of halogens is 3. The summed E-state index contributed by atoms with van der Waals surface area (Å²) in [6.45, 7) is 3.77. The second-order valence-electron chi connectivity index (χ2n) is 6.81. The molecule has 2 aromatic carbocycles. The van der Waals surface area contributed by atoms with Gasteiger partial charge in [-0.1, -0.05) is 43.3 Å². The van der Waals surface area contributed by atoms with Crippen molar-refractivity contribution in [3.8, 4) is 5.69 Å². The third-order valence-corrected chi connectivity index (χ3v) is 4.82. The van der Waals surface area contributed by atoms with E-state index in [1.54, 1.807) is 19.1 Å². The van der Waals surface area contributed by atoms with E-state index in [4.69, 9.17) is 4.84 Å². The lowest BCUT2D eigenvalue weighted by Crippen LogP contribution is -2.23. The molecule has 0 saturated heterocycles. The number of rotatable bonds is 7. The zero-order chi connectivity index (χ0) is 22.6. The molecule has 0 saturated carbocycles. The van der Waals surface area contributed by atoms with Gasteiger partial charge < -0.3 is 4.84 Å². The Hall–Kier alpha value is -3.43. The van der Waals surface area contributed by atoms with Crippen molar-refractivity contribution in [1.29, 1.82) is 0 Å². The van der Waals surface area contributed by atoms with Crippen LogP contribution in [-0.4, -0.2) is 25.5 Å². The van der Waals surface area contributed by atoms with Gasteiger partial charge in [0.25, 0.3) is 0 Å². The van der Waals surface area contributed by atoms with Crippen molar-refractivity contribution in [1.82, 2.24) is 19.8 Å². The molecular formula is C21H22F3N5O2. The molecule has 0 aliphatic heterocycles. The molecule has 7 nitrogen and oxygen atoms in total. The Kier molecular flexibility index (Phi) is 6.57. The van der Waals surface area contributed by atoms with Crippen LogP contribution < -0.4 is 5.69 Å². The van der Waals surface area contributed by atoms with Gasteiger partial charge in [-0.2, -0.15) is 22.5 Å². The van der Waals surface area contributed by atoms with Crippen LogP contribution in [0.15, 0.2) is 52.4 Å². The molecule has 0 atom stereocenters. The number of hydrogen-bond acceptors (Lipinski definition) is 5. The van der Waals surface area contributed by atoms with Crippen LogP contribution in [0.3, 0.4) is 0 Å². The molecule has 31 heavy (non-hydrogen) atoms. The molecule has 3 aromatic rings. The molecule has 0 aliphatic rings. The predicted molar refractivity (Wildman–Crippen MR) is 109 cm³/mol. The maximum atomic E-state index is 13.0. The van der Waals surface area contributed by atoms with Crippen LogP contribution in [-0.2, 0) is 31.1 Å². The third-order valence-electron chi connectivity index (χ3n) is 4.82. The zero-order valence-corrected chi connectivity index (χ0v) is 17.3. The molecule has 0 aliphatic carbocycles. The minimum atomic E-state index is -4.44. The Morgan fingerprint density at radius 1 is 1.13 bits per heavy atom. The molecule has 0 bridgehead atoms. The van der Waals surface area contributed by atoms with E-state index in [2.05, 4.69) is 15.6 Å². The van der Waals surface area contributed by atoms with Gasteiger partial charge in [0.2, 0.25) is 0 Å². The van der Waals surface area contributed by atoms with Crippen LogP contribution in [0.4, 0.5) is 13.2 Å². The Balaban J connectivity index is 1.91. The number of hydrogen-bond donors (Lipinski definition) is 0. The van der Waals surface area contributed by atoms with Crippen molar-refractivity contribution in [3.05, 3.63) is 75.2 Å². The summed E-state index contributed by atoms with van der Waals surface area (Å²) in [5.41, 5.74) is 1.73. The largest absolute Gasteiger partial charge is 0.416 e. The second kappa shape index (κ2) is 9.15. The highest BCUT2D eigenvalue weighted by molar-refractivity contribution is 6.00. The molecule has 164 valence electrons. The fourth-order valence-electron chi connectivity index (χ4n) is 3.15. The van der Waals surface area contributed by atoms with Crippen molar-refractivity contribution in [2.24, 2.45) is 12.2 Å². The molecule has 1 aromatic heterocycles. The van der Waals surface area contributed by atoms with E-state index in [0.29, 0.717) is 35.4 Å². The molecule has 0 amide bonds. The molecule has 10 heteroatoms. The van der Waals surface area contributed by atoms with Crippen molar-refractivity contribution in [2.75, 3.05) is 0 Å². The van der Waals surface area contributed by atoms with E-state index in [1.807, 2.05) is 19.1 Å². The first-order chi connectivity index (χ1) is 14.8. The maximum Gasteiger partial charge on any atom is 0.416 e. The smallest absolute Gasteiger partial charge is 0.391 e. The summed E-state index contributed by atoms with van der Waals surface area (Å²) in [6, 6.07) is 10.4. The van der Waals surface area contributed by atoms with Gasteiger partial charge in [0, 0.05) is 12.6 Å². The molecule has 0 unspecified atom stereocenters. The van der Waals surface area contributed by atoms with Crippen LogP contribution in [0.2, 0.25) is 0 Å². The van der Waals surface area contributed by atoms with E-state index in [1.165, 1.54) is 17.8 Å². The summed E-state index contributed by atoms with van der Waals surface area (Å²) in [4.78, 5) is 17.8. The Morgan fingerprint density at radius 2 is 1.87 bits per heavy atom. The summed E-state index contributed by atoms with van der Waals surface area (Å²) in [5, 5.41) is 11.7. The fourth-order valence-corrected chi connectivity index (χ4v) is 3.15. The lowest BCUT2D eigenvalue weighted by atomic mass is 10.0. The van der Waals surface area contributed by atoms with Gasteiger partial charge >= 0.3 is 11.9 Å². The van der Waals surface area contributed by atoms with Gasteiger partial charge in [-0.05, 0) is 52.6 Å². The third kappa shape index (κ3) is 4.84. The molecule has 0 spiro atoms. The average Bonchev–Trinajstić information content (AvgIpc) is 3.09. The summed E-state index contributed by atoms with van der Waals surface area (Å²) < 4.78 is 41.4. The first kappa shape index (κ1) is 22.3. The highest BCUT2D eigenvalue weighted by Gasteiger charge is 2.30. The number of nitrogens with zero attached hydrogens (tertiary/aromatic N) is 5. The summed E-state index contributed by atoms with van der Waals surface area (Å²) >= 11 is 0.